The molecule has 0 saturated heterocycles. The van der Waals surface area contributed by atoms with Crippen LogP contribution in [0.2, 0.25) is 0 Å². The van der Waals surface area contributed by atoms with Crippen LogP contribution < -0.4 is 10.6 Å². The molecule has 2 N–H and O–H groups in total. The molecule has 1 amide bonds. The van der Waals surface area contributed by atoms with Gasteiger partial charge in [0.15, 0.2) is 0 Å². The van der Waals surface area contributed by atoms with Gasteiger partial charge in [-0.25, -0.2) is 9.59 Å². The van der Waals surface area contributed by atoms with Crippen molar-refractivity contribution in [2.24, 2.45) is 0 Å². The van der Waals surface area contributed by atoms with E-state index in [2.05, 4.69) is 15.4 Å². The number of amides is 1. The fraction of sp³-hybridized carbons (Fsp3) is 0.375. The highest BCUT2D eigenvalue weighted by atomic mass is 16.6. The maximum absolute atomic E-state index is 11.7. The third kappa shape index (κ3) is 6.78. The normalized spacial score (nSPS) is 11.5. The zero-order valence-electron chi connectivity index (χ0n) is 13.3. The van der Waals surface area contributed by atoms with E-state index in [0.29, 0.717) is 6.54 Å². The number of benzene rings is 1. The van der Waals surface area contributed by atoms with E-state index in [9.17, 15) is 9.59 Å². The maximum Gasteiger partial charge on any atom is 0.412 e. The summed E-state index contributed by atoms with van der Waals surface area (Å²) in [5.41, 5.74) is 0.371. The number of alkyl carbamates (subject to hydrolysis) is 1. The number of esters is 1. The second-order valence-corrected chi connectivity index (χ2v) is 5.54. The lowest BCUT2D eigenvalue weighted by molar-refractivity contribution is -0.136. The molecule has 0 aliphatic heterocycles. The molecule has 0 aliphatic rings. The zero-order valence-corrected chi connectivity index (χ0v) is 13.3. The maximum atomic E-state index is 11.7. The van der Waals surface area contributed by atoms with Crippen LogP contribution in [0.5, 0.6) is 0 Å². The number of ether oxygens (including phenoxy) is 2. The lowest BCUT2D eigenvalue weighted by Gasteiger charge is -2.20. The Kier molecular flexibility index (Phi) is 6.44. The number of methoxy groups -OCH3 is 1. The predicted molar refractivity (Wildman–Crippen MR) is 82.8 cm³/mol. The molecule has 0 saturated carbocycles. The quantitative estimate of drug-likeness (QED) is 0.645. The number of hydrogen-bond donors (Lipinski definition) is 2. The average Bonchev–Trinajstić information content (AvgIpc) is 2.44. The van der Waals surface area contributed by atoms with Crippen molar-refractivity contribution >= 4 is 12.1 Å². The standard InChI is InChI=1S/C16H22N2O4/c1-16(2,3)22-15(20)18-13(14(19)21-4)11-17-10-12-8-6-5-7-9-12/h5-9,11,17H,10H2,1-4H3,(H,18,20)/b13-11+. The Labute approximate surface area is 130 Å². The van der Waals surface area contributed by atoms with Crippen LogP contribution in [0.4, 0.5) is 4.79 Å². The van der Waals surface area contributed by atoms with E-state index in [4.69, 9.17) is 4.74 Å². The third-order valence-electron chi connectivity index (χ3n) is 2.44. The molecule has 0 fully saturated rings. The van der Waals surface area contributed by atoms with Gasteiger partial charge in [-0.2, -0.15) is 0 Å². The highest BCUT2D eigenvalue weighted by Crippen LogP contribution is 2.07. The number of hydrogen-bond acceptors (Lipinski definition) is 5. The van der Waals surface area contributed by atoms with E-state index in [1.807, 2.05) is 30.3 Å². The summed E-state index contributed by atoms with van der Waals surface area (Å²) in [5.74, 6) is -0.661. The summed E-state index contributed by atoms with van der Waals surface area (Å²) < 4.78 is 9.73. The lowest BCUT2D eigenvalue weighted by atomic mass is 10.2. The molecule has 0 aliphatic carbocycles. The summed E-state index contributed by atoms with van der Waals surface area (Å²) in [4.78, 5) is 23.4. The van der Waals surface area contributed by atoms with E-state index in [-0.39, 0.29) is 5.70 Å². The van der Waals surface area contributed by atoms with Gasteiger partial charge in [0.05, 0.1) is 7.11 Å². The minimum atomic E-state index is -0.717. The first kappa shape index (κ1) is 17.6. The molecule has 6 heteroatoms. The van der Waals surface area contributed by atoms with Gasteiger partial charge in [-0.15, -0.1) is 0 Å². The van der Waals surface area contributed by atoms with Crippen LogP contribution in [-0.2, 0) is 20.8 Å². The SMILES string of the molecule is COC(=O)/C(=C\NCc1ccccc1)NC(=O)OC(C)(C)C. The second-order valence-electron chi connectivity index (χ2n) is 5.54. The Morgan fingerprint density at radius 1 is 1.18 bits per heavy atom. The molecule has 0 spiro atoms. The summed E-state index contributed by atoms with van der Waals surface area (Å²) in [6, 6.07) is 9.64. The van der Waals surface area contributed by atoms with Crippen molar-refractivity contribution in [1.29, 1.82) is 0 Å². The number of rotatable bonds is 5. The Bertz CT molecular complexity index is 533. The summed E-state index contributed by atoms with van der Waals surface area (Å²) in [7, 11) is 1.24. The van der Waals surface area contributed by atoms with Crippen molar-refractivity contribution in [3.63, 3.8) is 0 Å². The fourth-order valence-corrected chi connectivity index (χ4v) is 1.54. The van der Waals surface area contributed by atoms with Crippen LogP contribution in [0.3, 0.4) is 0 Å². The molecule has 1 aromatic carbocycles. The lowest BCUT2D eigenvalue weighted by Crippen LogP contribution is -2.35. The molecule has 0 aromatic heterocycles. The Balaban J connectivity index is 2.65. The monoisotopic (exact) mass is 306 g/mol. The van der Waals surface area contributed by atoms with Crippen LogP contribution in [0.15, 0.2) is 42.2 Å². The van der Waals surface area contributed by atoms with Crippen LogP contribution in [0, 0.1) is 0 Å². The second kappa shape index (κ2) is 8.07. The third-order valence-corrected chi connectivity index (χ3v) is 2.44. The minimum Gasteiger partial charge on any atom is -0.464 e. The van der Waals surface area contributed by atoms with Crippen molar-refractivity contribution in [1.82, 2.24) is 10.6 Å². The topological polar surface area (TPSA) is 76.7 Å². The average molecular weight is 306 g/mol. The molecule has 22 heavy (non-hydrogen) atoms. The van der Waals surface area contributed by atoms with Gasteiger partial charge in [0, 0.05) is 12.7 Å². The molecule has 0 unspecified atom stereocenters. The molecule has 1 rings (SSSR count). The molecule has 0 radical (unpaired) electrons. The van der Waals surface area contributed by atoms with Crippen molar-refractivity contribution in [3.8, 4) is 0 Å². The first-order chi connectivity index (χ1) is 10.3. The minimum absolute atomic E-state index is 0.0207. The first-order valence-corrected chi connectivity index (χ1v) is 6.87. The van der Waals surface area contributed by atoms with Crippen molar-refractivity contribution in [2.45, 2.75) is 32.9 Å². The van der Waals surface area contributed by atoms with E-state index in [1.165, 1.54) is 13.3 Å². The van der Waals surface area contributed by atoms with Gasteiger partial charge in [-0.05, 0) is 26.3 Å². The summed E-state index contributed by atoms with van der Waals surface area (Å²) in [6.07, 6.45) is 0.675. The largest absolute Gasteiger partial charge is 0.464 e. The van der Waals surface area contributed by atoms with E-state index in [0.717, 1.165) is 5.56 Å². The first-order valence-electron chi connectivity index (χ1n) is 6.87. The molecule has 1 aromatic rings. The smallest absolute Gasteiger partial charge is 0.412 e. The van der Waals surface area contributed by atoms with Crippen LogP contribution in [0.25, 0.3) is 0 Å². The number of nitrogens with one attached hydrogen (secondary N) is 2. The predicted octanol–water partition coefficient (Wildman–Crippen LogP) is 2.32. The molecular weight excluding hydrogens is 284 g/mol. The summed E-state index contributed by atoms with van der Waals surface area (Å²) >= 11 is 0. The number of carbonyl (C=O) groups excluding carboxylic acids is 2. The van der Waals surface area contributed by atoms with Gasteiger partial charge in [-0.3, -0.25) is 5.32 Å². The van der Waals surface area contributed by atoms with Gasteiger partial charge in [0.25, 0.3) is 0 Å². The summed E-state index contributed by atoms with van der Waals surface area (Å²) in [6.45, 7) is 5.72. The molecule has 0 atom stereocenters. The van der Waals surface area contributed by atoms with Crippen molar-refractivity contribution in [2.75, 3.05) is 7.11 Å². The van der Waals surface area contributed by atoms with Crippen molar-refractivity contribution < 1.29 is 19.1 Å². The van der Waals surface area contributed by atoms with Gasteiger partial charge in [0.2, 0.25) is 0 Å². The molecule has 6 nitrogen and oxygen atoms in total. The Hall–Kier alpha value is -2.50. The fourth-order valence-electron chi connectivity index (χ4n) is 1.54. The highest BCUT2D eigenvalue weighted by Gasteiger charge is 2.19. The van der Waals surface area contributed by atoms with E-state index < -0.39 is 17.7 Å². The number of carbonyl (C=O) groups is 2. The molecular formula is C16H22N2O4. The van der Waals surface area contributed by atoms with Crippen LogP contribution >= 0.6 is 0 Å². The van der Waals surface area contributed by atoms with Crippen molar-refractivity contribution in [3.05, 3.63) is 47.8 Å². The summed E-state index contributed by atoms with van der Waals surface area (Å²) in [5, 5.41) is 5.33. The Morgan fingerprint density at radius 2 is 1.82 bits per heavy atom. The van der Waals surface area contributed by atoms with Gasteiger partial charge >= 0.3 is 12.1 Å². The van der Waals surface area contributed by atoms with Crippen LogP contribution in [-0.4, -0.2) is 24.8 Å². The van der Waals surface area contributed by atoms with E-state index in [1.54, 1.807) is 20.8 Å². The molecule has 120 valence electrons. The highest BCUT2D eigenvalue weighted by molar-refractivity contribution is 5.92. The van der Waals surface area contributed by atoms with Gasteiger partial charge < -0.3 is 14.8 Å². The van der Waals surface area contributed by atoms with Gasteiger partial charge in [0.1, 0.15) is 11.3 Å². The van der Waals surface area contributed by atoms with Crippen LogP contribution in [0.1, 0.15) is 26.3 Å². The molecule has 0 heterocycles. The van der Waals surface area contributed by atoms with E-state index >= 15 is 0 Å². The Morgan fingerprint density at radius 3 is 2.36 bits per heavy atom. The van der Waals surface area contributed by atoms with Gasteiger partial charge in [-0.1, -0.05) is 30.3 Å². The zero-order chi connectivity index (χ0) is 16.6. The molecule has 0 bridgehead atoms.